The number of esters is 2. The van der Waals surface area contributed by atoms with Gasteiger partial charge in [-0.2, -0.15) is 0 Å². The van der Waals surface area contributed by atoms with Crippen molar-refractivity contribution in [3.8, 4) is 0 Å². The van der Waals surface area contributed by atoms with Gasteiger partial charge in [0.2, 0.25) is 0 Å². The summed E-state index contributed by atoms with van der Waals surface area (Å²) in [6, 6.07) is 16.9. The normalized spacial score (nSPS) is 10.8. The number of hydrogen-bond acceptors (Lipinski definition) is 8. The minimum atomic E-state index is -0.364. The number of aryl methyl sites for hydroxylation is 1. The molecule has 0 aliphatic carbocycles. The van der Waals surface area contributed by atoms with E-state index in [1.807, 2.05) is 44.2 Å². The number of thiophene rings is 1. The smallest absolute Gasteiger partial charge is 0.348 e. The van der Waals surface area contributed by atoms with Gasteiger partial charge in [0.25, 0.3) is 0 Å². The highest BCUT2D eigenvalue weighted by molar-refractivity contribution is 7.20. The Bertz CT molecular complexity index is 1290. The van der Waals surface area contributed by atoms with Crippen molar-refractivity contribution < 1.29 is 19.1 Å². The number of benzene rings is 2. The number of hydrogen-bond donors (Lipinski definition) is 1. The number of fused-ring (bicyclic) bond motifs is 1. The molecule has 7 nitrogen and oxygen atoms in total. The van der Waals surface area contributed by atoms with Crippen molar-refractivity contribution in [2.24, 2.45) is 0 Å². The van der Waals surface area contributed by atoms with Crippen LogP contribution in [0.1, 0.15) is 44.5 Å². The summed E-state index contributed by atoms with van der Waals surface area (Å²) >= 11 is 1.29. The third-order valence-electron chi connectivity index (χ3n) is 5.20. The Hall–Kier alpha value is -3.78. The molecule has 2 heterocycles. The molecule has 4 rings (SSSR count). The zero-order valence-electron chi connectivity index (χ0n) is 19.0. The Morgan fingerprint density at radius 2 is 1.68 bits per heavy atom. The lowest BCUT2D eigenvalue weighted by atomic mass is 10.1. The minimum absolute atomic E-state index is 0.306. The number of anilines is 2. The van der Waals surface area contributed by atoms with Crippen molar-refractivity contribution >= 4 is 45.0 Å². The maximum Gasteiger partial charge on any atom is 0.348 e. The van der Waals surface area contributed by atoms with Crippen LogP contribution in [-0.4, -0.2) is 35.1 Å². The highest BCUT2D eigenvalue weighted by Crippen LogP contribution is 2.34. The average molecular weight is 476 g/mol. The second-order valence-corrected chi connectivity index (χ2v) is 8.67. The van der Waals surface area contributed by atoms with Gasteiger partial charge in [-0.05, 0) is 48.7 Å². The Morgan fingerprint density at radius 3 is 2.41 bits per heavy atom. The van der Waals surface area contributed by atoms with Gasteiger partial charge >= 0.3 is 11.9 Å². The van der Waals surface area contributed by atoms with E-state index in [0.29, 0.717) is 40.7 Å². The number of aromatic nitrogens is 2. The van der Waals surface area contributed by atoms with Crippen molar-refractivity contribution in [3.63, 3.8) is 0 Å². The third-order valence-corrected chi connectivity index (χ3v) is 6.38. The Labute approximate surface area is 201 Å². The summed E-state index contributed by atoms with van der Waals surface area (Å²) in [5.74, 6) is -0.123. The molecule has 1 N–H and O–H groups in total. The van der Waals surface area contributed by atoms with Crippen LogP contribution in [0.4, 0.5) is 11.5 Å². The number of carbonyl (C=O) groups is 2. The Kier molecular flexibility index (Phi) is 7.49. The van der Waals surface area contributed by atoms with E-state index < -0.39 is 0 Å². The predicted molar refractivity (Wildman–Crippen MR) is 133 cm³/mol. The Balaban J connectivity index is 1.48. The first-order valence-corrected chi connectivity index (χ1v) is 11.9. The van der Waals surface area contributed by atoms with E-state index in [9.17, 15) is 9.59 Å². The van der Waals surface area contributed by atoms with Crippen LogP contribution < -0.4 is 5.32 Å². The summed E-state index contributed by atoms with van der Waals surface area (Å²) in [6.07, 6.45) is 2.89. The fourth-order valence-corrected chi connectivity index (χ4v) is 4.48. The zero-order valence-corrected chi connectivity index (χ0v) is 19.9. The van der Waals surface area contributed by atoms with Crippen molar-refractivity contribution in [1.82, 2.24) is 9.97 Å². The second-order valence-electron chi connectivity index (χ2n) is 7.67. The van der Waals surface area contributed by atoms with E-state index in [0.717, 1.165) is 28.6 Å². The molecule has 0 aliphatic heterocycles. The standard InChI is InChI=1S/C26H25N3O4S/c1-3-14-32-25(30)19-9-11-20(12-10-19)29-23-21-17(2)22(34-24(21)28-16-27-23)26(31)33-15-13-18-7-5-4-6-8-18/h4-12,16H,3,13-15H2,1-2H3,(H,27,28,29). The van der Waals surface area contributed by atoms with Gasteiger partial charge in [0.05, 0.1) is 24.2 Å². The van der Waals surface area contributed by atoms with Crippen molar-refractivity contribution in [2.45, 2.75) is 26.7 Å². The topological polar surface area (TPSA) is 90.4 Å². The van der Waals surface area contributed by atoms with Crippen LogP contribution in [0.15, 0.2) is 60.9 Å². The van der Waals surface area contributed by atoms with Gasteiger partial charge in [0.1, 0.15) is 21.9 Å². The zero-order chi connectivity index (χ0) is 23.9. The van der Waals surface area contributed by atoms with Crippen LogP contribution >= 0.6 is 11.3 Å². The first kappa shape index (κ1) is 23.4. The molecule has 0 aliphatic rings. The van der Waals surface area contributed by atoms with Crippen LogP contribution in [0.5, 0.6) is 0 Å². The van der Waals surface area contributed by atoms with Crippen LogP contribution in [0.2, 0.25) is 0 Å². The molecular formula is C26H25N3O4S. The Morgan fingerprint density at radius 1 is 0.941 bits per heavy atom. The van der Waals surface area contributed by atoms with Crippen LogP contribution in [0.3, 0.4) is 0 Å². The maximum atomic E-state index is 12.7. The molecule has 4 aromatic rings. The summed E-state index contributed by atoms with van der Waals surface area (Å²) in [7, 11) is 0. The predicted octanol–water partition coefficient (Wildman–Crippen LogP) is 5.71. The van der Waals surface area contributed by atoms with E-state index in [4.69, 9.17) is 9.47 Å². The van der Waals surface area contributed by atoms with Gasteiger partial charge < -0.3 is 14.8 Å². The van der Waals surface area contributed by atoms with Gasteiger partial charge in [-0.25, -0.2) is 19.6 Å². The first-order chi connectivity index (χ1) is 16.6. The highest BCUT2D eigenvalue weighted by Gasteiger charge is 2.20. The van der Waals surface area contributed by atoms with Gasteiger partial charge in [-0.15, -0.1) is 11.3 Å². The largest absolute Gasteiger partial charge is 0.462 e. The van der Waals surface area contributed by atoms with Crippen molar-refractivity contribution in [2.75, 3.05) is 18.5 Å². The van der Waals surface area contributed by atoms with E-state index in [1.54, 1.807) is 24.3 Å². The molecule has 2 aromatic heterocycles. The summed E-state index contributed by atoms with van der Waals surface area (Å²) in [6.45, 7) is 4.52. The highest BCUT2D eigenvalue weighted by atomic mass is 32.1. The minimum Gasteiger partial charge on any atom is -0.462 e. The molecule has 0 unspecified atom stereocenters. The molecule has 34 heavy (non-hydrogen) atoms. The van der Waals surface area contributed by atoms with Gasteiger partial charge in [-0.1, -0.05) is 37.3 Å². The van der Waals surface area contributed by atoms with Crippen LogP contribution in [0.25, 0.3) is 10.2 Å². The molecule has 0 saturated carbocycles. The summed E-state index contributed by atoms with van der Waals surface area (Å²) < 4.78 is 10.7. The van der Waals surface area contributed by atoms with E-state index in [2.05, 4.69) is 15.3 Å². The number of rotatable bonds is 9. The number of ether oxygens (including phenoxy) is 2. The van der Waals surface area contributed by atoms with E-state index in [1.165, 1.54) is 17.7 Å². The molecule has 8 heteroatoms. The van der Waals surface area contributed by atoms with Crippen molar-refractivity contribution in [1.29, 1.82) is 0 Å². The third kappa shape index (κ3) is 5.40. The molecule has 0 bridgehead atoms. The van der Waals surface area contributed by atoms with Gasteiger partial charge in [0.15, 0.2) is 0 Å². The molecule has 174 valence electrons. The first-order valence-electron chi connectivity index (χ1n) is 11.1. The molecule has 0 atom stereocenters. The fraction of sp³-hybridized carbons (Fsp3) is 0.231. The van der Waals surface area contributed by atoms with Crippen molar-refractivity contribution in [3.05, 3.63) is 82.5 Å². The van der Waals surface area contributed by atoms with E-state index >= 15 is 0 Å². The molecule has 0 saturated heterocycles. The van der Waals surface area contributed by atoms with Crippen LogP contribution in [-0.2, 0) is 15.9 Å². The number of nitrogens with one attached hydrogen (secondary N) is 1. The average Bonchev–Trinajstić information content (AvgIpc) is 3.21. The van der Waals surface area contributed by atoms with Crippen LogP contribution in [0, 0.1) is 6.92 Å². The summed E-state index contributed by atoms with van der Waals surface area (Å²) in [4.78, 5) is 34.7. The number of carbonyl (C=O) groups excluding carboxylic acids is 2. The van der Waals surface area contributed by atoms with E-state index in [-0.39, 0.29) is 11.9 Å². The molecule has 0 fully saturated rings. The number of nitrogens with zero attached hydrogens (tertiary/aromatic N) is 2. The lowest BCUT2D eigenvalue weighted by molar-refractivity contribution is 0.0499. The summed E-state index contributed by atoms with van der Waals surface area (Å²) in [5.41, 5.74) is 3.13. The fourth-order valence-electron chi connectivity index (χ4n) is 3.44. The summed E-state index contributed by atoms with van der Waals surface area (Å²) in [5, 5.41) is 4.04. The molecule has 2 aromatic carbocycles. The van der Waals surface area contributed by atoms with Gasteiger partial charge in [-0.3, -0.25) is 0 Å². The second kappa shape index (κ2) is 10.9. The molecule has 0 amide bonds. The SMILES string of the molecule is CCCOC(=O)c1ccc(Nc2ncnc3sc(C(=O)OCCc4ccccc4)c(C)c23)cc1. The lowest BCUT2D eigenvalue weighted by Gasteiger charge is -2.09. The maximum absolute atomic E-state index is 12.7. The quantitative estimate of drug-likeness (QED) is 0.310. The van der Waals surface area contributed by atoms with Gasteiger partial charge in [0, 0.05) is 12.1 Å². The monoisotopic (exact) mass is 475 g/mol. The molecule has 0 spiro atoms. The molecular weight excluding hydrogens is 450 g/mol. The molecule has 0 radical (unpaired) electrons. The lowest BCUT2D eigenvalue weighted by Crippen LogP contribution is -2.07.